The number of rotatable bonds is 2. The Kier molecular flexibility index (Phi) is 2.92. The highest BCUT2D eigenvalue weighted by Gasteiger charge is 2.13. The van der Waals surface area contributed by atoms with Gasteiger partial charge in [0.05, 0.1) is 0 Å². The minimum atomic E-state index is -0.0527. The van der Waals surface area contributed by atoms with Crippen LogP contribution in [0.5, 0.6) is 0 Å². The van der Waals surface area contributed by atoms with Crippen LogP contribution in [0.4, 0.5) is 0 Å². The molecule has 0 saturated heterocycles. The van der Waals surface area contributed by atoms with Crippen LogP contribution in [0.3, 0.4) is 0 Å². The van der Waals surface area contributed by atoms with Crippen molar-refractivity contribution in [2.45, 2.75) is 6.92 Å². The van der Waals surface area contributed by atoms with Gasteiger partial charge in [0.25, 0.3) is 0 Å². The van der Waals surface area contributed by atoms with Crippen molar-refractivity contribution in [3.8, 4) is 0 Å². The molecule has 0 aliphatic carbocycles. The molecule has 0 N–H and O–H groups in total. The molecule has 0 amide bonds. The van der Waals surface area contributed by atoms with Gasteiger partial charge in [-0.1, -0.05) is 15.9 Å². The predicted molar refractivity (Wildman–Crippen MR) is 65.5 cm³/mol. The third kappa shape index (κ3) is 1.93. The number of halogens is 1. The maximum atomic E-state index is 12.1. The average molecular weight is 279 g/mol. The highest BCUT2D eigenvalue weighted by atomic mass is 79.9. The van der Waals surface area contributed by atoms with Gasteiger partial charge in [-0.3, -0.25) is 4.79 Å². The van der Waals surface area contributed by atoms with Crippen molar-refractivity contribution in [2.24, 2.45) is 7.05 Å². The fraction of sp³-hybridized carbons (Fsp3) is 0.167. The number of carbonyl (C=O) groups excluding carboxylic acids is 1. The molecule has 16 heavy (non-hydrogen) atoms. The number of aryl methyl sites for hydroxylation is 2. The van der Waals surface area contributed by atoms with E-state index >= 15 is 0 Å². The molecule has 0 unspecified atom stereocenters. The van der Waals surface area contributed by atoms with Crippen LogP contribution in [0, 0.1) is 6.92 Å². The van der Waals surface area contributed by atoms with Crippen molar-refractivity contribution >= 4 is 21.7 Å². The van der Waals surface area contributed by atoms with E-state index in [2.05, 4.69) is 20.9 Å². The summed E-state index contributed by atoms with van der Waals surface area (Å²) in [5, 5.41) is 0. The minimum Gasteiger partial charge on any atom is -0.331 e. The molecular weight excluding hydrogens is 268 g/mol. The van der Waals surface area contributed by atoms with Crippen LogP contribution in [-0.4, -0.2) is 15.3 Å². The number of nitrogens with zero attached hydrogens (tertiary/aromatic N) is 2. The second-order valence-electron chi connectivity index (χ2n) is 3.65. The van der Waals surface area contributed by atoms with Gasteiger partial charge in [-0.05, 0) is 30.7 Å². The summed E-state index contributed by atoms with van der Waals surface area (Å²) < 4.78 is 2.73. The van der Waals surface area contributed by atoms with E-state index in [-0.39, 0.29) is 5.78 Å². The summed E-state index contributed by atoms with van der Waals surface area (Å²) >= 11 is 3.41. The number of ketones is 1. The summed E-state index contributed by atoms with van der Waals surface area (Å²) in [6.07, 6.45) is 3.39. The van der Waals surface area contributed by atoms with Crippen LogP contribution in [0.15, 0.2) is 35.1 Å². The van der Waals surface area contributed by atoms with Gasteiger partial charge in [-0.2, -0.15) is 0 Å². The molecule has 2 aromatic rings. The largest absolute Gasteiger partial charge is 0.331 e. The molecule has 1 aromatic heterocycles. The van der Waals surface area contributed by atoms with Gasteiger partial charge in [0.1, 0.15) is 0 Å². The normalized spacial score (nSPS) is 10.4. The van der Waals surface area contributed by atoms with E-state index in [1.807, 2.05) is 26.1 Å². The van der Waals surface area contributed by atoms with Crippen molar-refractivity contribution in [3.63, 3.8) is 0 Å². The molecule has 0 atom stereocenters. The molecule has 1 heterocycles. The molecular formula is C12H11BrN2O. The van der Waals surface area contributed by atoms with Gasteiger partial charge < -0.3 is 4.57 Å². The predicted octanol–water partition coefficient (Wildman–Crippen LogP) is 2.72. The fourth-order valence-corrected chi connectivity index (χ4v) is 1.75. The lowest BCUT2D eigenvalue weighted by Gasteiger charge is -2.03. The Morgan fingerprint density at radius 3 is 2.75 bits per heavy atom. The molecule has 0 aliphatic rings. The SMILES string of the molecule is Cc1cc(C(=O)c2nccn2C)ccc1Br. The third-order valence-electron chi connectivity index (χ3n) is 2.44. The van der Waals surface area contributed by atoms with E-state index in [9.17, 15) is 4.79 Å². The Hall–Kier alpha value is -1.42. The first-order valence-corrected chi connectivity index (χ1v) is 5.67. The van der Waals surface area contributed by atoms with Gasteiger partial charge in [-0.25, -0.2) is 4.98 Å². The number of aromatic nitrogens is 2. The third-order valence-corrected chi connectivity index (χ3v) is 3.33. The van der Waals surface area contributed by atoms with E-state index < -0.39 is 0 Å². The highest BCUT2D eigenvalue weighted by Crippen LogP contribution is 2.18. The lowest BCUT2D eigenvalue weighted by molar-refractivity contribution is 0.102. The molecule has 0 fully saturated rings. The minimum absolute atomic E-state index is 0.0527. The lowest BCUT2D eigenvalue weighted by atomic mass is 10.1. The van der Waals surface area contributed by atoms with Gasteiger partial charge in [0.2, 0.25) is 5.78 Å². The van der Waals surface area contributed by atoms with Crippen molar-refractivity contribution in [3.05, 3.63) is 52.0 Å². The summed E-state index contributed by atoms with van der Waals surface area (Å²) in [6.45, 7) is 1.96. The highest BCUT2D eigenvalue weighted by molar-refractivity contribution is 9.10. The topological polar surface area (TPSA) is 34.9 Å². The first kappa shape index (κ1) is 11.1. The molecule has 1 aromatic carbocycles. The van der Waals surface area contributed by atoms with Crippen LogP contribution >= 0.6 is 15.9 Å². The van der Waals surface area contributed by atoms with Crippen molar-refractivity contribution in [2.75, 3.05) is 0 Å². The van der Waals surface area contributed by atoms with E-state index in [4.69, 9.17) is 0 Å². The first-order valence-electron chi connectivity index (χ1n) is 4.88. The maximum Gasteiger partial charge on any atom is 0.228 e. The molecule has 82 valence electrons. The maximum absolute atomic E-state index is 12.1. The molecule has 3 nitrogen and oxygen atoms in total. The summed E-state index contributed by atoms with van der Waals surface area (Å²) in [5.74, 6) is 0.407. The molecule has 0 radical (unpaired) electrons. The zero-order valence-corrected chi connectivity index (χ0v) is 10.7. The summed E-state index contributed by atoms with van der Waals surface area (Å²) in [5.41, 5.74) is 1.70. The van der Waals surface area contributed by atoms with Crippen LogP contribution in [0.1, 0.15) is 21.7 Å². The zero-order chi connectivity index (χ0) is 11.7. The van der Waals surface area contributed by atoms with E-state index in [0.29, 0.717) is 11.4 Å². The molecule has 0 saturated carbocycles. The van der Waals surface area contributed by atoms with Gasteiger partial charge >= 0.3 is 0 Å². The standard InChI is InChI=1S/C12H11BrN2O/c1-8-7-9(3-4-10(8)13)11(16)12-14-5-6-15(12)2/h3-7H,1-2H3. The number of hydrogen-bond acceptors (Lipinski definition) is 2. The Bertz CT molecular complexity index is 546. The first-order chi connectivity index (χ1) is 7.59. The van der Waals surface area contributed by atoms with Gasteiger partial charge in [0, 0.05) is 29.5 Å². The Balaban J connectivity index is 2.42. The number of hydrogen-bond donors (Lipinski definition) is 0. The number of benzene rings is 1. The Morgan fingerprint density at radius 1 is 1.44 bits per heavy atom. The van der Waals surface area contributed by atoms with Crippen molar-refractivity contribution in [1.82, 2.24) is 9.55 Å². The van der Waals surface area contributed by atoms with Crippen LogP contribution < -0.4 is 0 Å². The molecule has 4 heteroatoms. The molecule has 0 bridgehead atoms. The van der Waals surface area contributed by atoms with Crippen molar-refractivity contribution < 1.29 is 4.79 Å². The van der Waals surface area contributed by atoms with Crippen LogP contribution in [-0.2, 0) is 7.05 Å². The van der Waals surface area contributed by atoms with E-state index in [1.54, 1.807) is 23.0 Å². The molecule has 2 rings (SSSR count). The summed E-state index contributed by atoms with van der Waals surface area (Å²) in [6, 6.07) is 5.54. The summed E-state index contributed by atoms with van der Waals surface area (Å²) in [4.78, 5) is 16.1. The Labute approximate surface area is 102 Å². The average Bonchev–Trinajstić information content (AvgIpc) is 2.67. The second kappa shape index (κ2) is 4.22. The smallest absolute Gasteiger partial charge is 0.228 e. The summed E-state index contributed by atoms with van der Waals surface area (Å²) in [7, 11) is 1.81. The van der Waals surface area contributed by atoms with Crippen molar-refractivity contribution in [1.29, 1.82) is 0 Å². The van der Waals surface area contributed by atoms with Crippen LogP contribution in [0.25, 0.3) is 0 Å². The van der Waals surface area contributed by atoms with Gasteiger partial charge in [-0.15, -0.1) is 0 Å². The van der Waals surface area contributed by atoms with E-state index in [1.165, 1.54) is 0 Å². The number of carbonyl (C=O) groups is 1. The monoisotopic (exact) mass is 278 g/mol. The van der Waals surface area contributed by atoms with Gasteiger partial charge in [0.15, 0.2) is 5.82 Å². The second-order valence-corrected chi connectivity index (χ2v) is 4.51. The molecule has 0 spiro atoms. The zero-order valence-electron chi connectivity index (χ0n) is 9.07. The quantitative estimate of drug-likeness (QED) is 0.792. The van der Waals surface area contributed by atoms with Crippen LogP contribution in [0.2, 0.25) is 0 Å². The molecule has 0 aliphatic heterocycles. The lowest BCUT2D eigenvalue weighted by Crippen LogP contribution is -2.08. The fourth-order valence-electron chi connectivity index (χ4n) is 1.50. The van der Waals surface area contributed by atoms with E-state index in [0.717, 1.165) is 10.0 Å². The number of imidazole rings is 1. The Morgan fingerprint density at radius 2 is 2.19 bits per heavy atom.